The van der Waals surface area contributed by atoms with Gasteiger partial charge >= 0.3 is 0 Å². The second-order valence-corrected chi connectivity index (χ2v) is 28.4. The fourth-order valence-electron chi connectivity index (χ4n) is 16.7. The van der Waals surface area contributed by atoms with Crippen molar-refractivity contribution in [1.29, 1.82) is 0 Å². The van der Waals surface area contributed by atoms with Crippen molar-refractivity contribution in [3.05, 3.63) is 433 Å². The molecular weight excluding hydrogens is 1420 g/mol. The standard InChI is InChI=1S/C105H71N11/c1-9-27-72(28-10-1)80-43-25-26-44-92(80)113(97-65-106-56-49-81(97)73-29-11-2-12-30-73)93-63-94(114(98-66-107-57-50-82(98)74-31-13-3-14-32-74)99-67-108-58-51-83(99)75-33-15-4-16-34-75)89-47-48-91-96(116(102-70-111-61-54-86(102)78-39-21-7-22-40-78)103-71-112-62-55-87(103)79-41-23-8-24-42-79)64-95(90-46-45-88(93)104(89)105(90)91)115(100-68-109-59-52-84(100)76-35-17-5-18-36-76)101-69-110-60-53-85(101)77-37-19-6-20-38-77/h1-71H. The Kier molecular flexibility index (Phi) is 18.4. The van der Waals surface area contributed by atoms with Crippen LogP contribution < -0.4 is 19.6 Å². The van der Waals surface area contributed by atoms with Crippen molar-refractivity contribution >= 4 is 101 Å². The van der Waals surface area contributed by atoms with Crippen LogP contribution in [0.15, 0.2) is 433 Å². The van der Waals surface area contributed by atoms with Crippen molar-refractivity contribution in [3.63, 3.8) is 0 Å². The zero-order chi connectivity index (χ0) is 77.1. The van der Waals surface area contributed by atoms with Crippen molar-refractivity contribution in [2.45, 2.75) is 0 Å². The first-order valence-corrected chi connectivity index (χ1v) is 38.8. The van der Waals surface area contributed by atoms with Crippen molar-refractivity contribution in [2.75, 3.05) is 19.6 Å². The van der Waals surface area contributed by atoms with Crippen molar-refractivity contribution in [1.82, 2.24) is 34.9 Å². The lowest BCUT2D eigenvalue weighted by Gasteiger charge is -2.36. The zero-order valence-electron chi connectivity index (χ0n) is 62.9. The Morgan fingerprint density at radius 2 is 0.302 bits per heavy atom. The summed E-state index contributed by atoms with van der Waals surface area (Å²) in [5, 5.41) is 5.70. The van der Waals surface area contributed by atoms with Gasteiger partial charge in [0.05, 0.1) is 112 Å². The van der Waals surface area contributed by atoms with Crippen molar-refractivity contribution < 1.29 is 0 Å². The third-order valence-electron chi connectivity index (χ3n) is 21.9. The van der Waals surface area contributed by atoms with Crippen LogP contribution >= 0.6 is 0 Å². The fourth-order valence-corrected chi connectivity index (χ4v) is 16.7. The van der Waals surface area contributed by atoms with Crippen LogP contribution in [0.4, 0.5) is 68.2 Å². The van der Waals surface area contributed by atoms with E-state index in [0.717, 1.165) is 190 Å². The molecule has 20 rings (SSSR count). The fraction of sp³-hybridized carbons (Fsp3) is 0. The highest BCUT2D eigenvalue weighted by Gasteiger charge is 2.34. The van der Waals surface area contributed by atoms with Crippen LogP contribution in [-0.4, -0.2) is 34.9 Å². The molecule has 0 radical (unpaired) electrons. The Balaban J connectivity index is 1.03. The molecule has 11 heteroatoms. The number of hydrogen-bond donors (Lipinski definition) is 0. The number of nitrogens with zero attached hydrogens (tertiary/aromatic N) is 11. The Hall–Kier alpha value is -15.9. The first kappa shape index (κ1) is 69.4. The zero-order valence-corrected chi connectivity index (χ0v) is 62.9. The molecule has 0 spiro atoms. The third-order valence-corrected chi connectivity index (χ3v) is 21.9. The normalized spacial score (nSPS) is 11.3. The van der Waals surface area contributed by atoms with Crippen LogP contribution in [-0.2, 0) is 0 Å². The summed E-state index contributed by atoms with van der Waals surface area (Å²) in [5.41, 5.74) is 26.0. The smallest absolute Gasteiger partial charge is 0.0724 e. The lowest BCUT2D eigenvalue weighted by atomic mass is 9.88. The number of aromatic nitrogens is 7. The molecule has 0 saturated carbocycles. The van der Waals surface area contributed by atoms with Crippen molar-refractivity contribution in [3.8, 4) is 89.0 Å². The lowest BCUT2D eigenvalue weighted by Crippen LogP contribution is -2.18. The highest BCUT2D eigenvalue weighted by Crippen LogP contribution is 2.59. The maximum Gasteiger partial charge on any atom is 0.0724 e. The molecular formula is C105H71N11. The minimum Gasteiger partial charge on any atom is -0.307 e. The second-order valence-electron chi connectivity index (χ2n) is 28.4. The van der Waals surface area contributed by atoms with Gasteiger partial charge in [0, 0.05) is 120 Å². The monoisotopic (exact) mass is 1490 g/mol. The van der Waals surface area contributed by atoms with Gasteiger partial charge in [0.2, 0.25) is 0 Å². The van der Waals surface area contributed by atoms with E-state index in [9.17, 15) is 0 Å². The first-order chi connectivity index (χ1) is 57.7. The molecule has 116 heavy (non-hydrogen) atoms. The summed E-state index contributed by atoms with van der Waals surface area (Å²) in [4.78, 5) is 45.6. The minimum absolute atomic E-state index is 0.824. The van der Waals surface area contributed by atoms with E-state index in [1.807, 2.05) is 86.8 Å². The van der Waals surface area contributed by atoms with Crippen LogP contribution in [0.5, 0.6) is 0 Å². The number of pyridine rings is 7. The number of para-hydroxylation sites is 1. The number of hydrogen-bond acceptors (Lipinski definition) is 11. The number of benzene rings is 13. The molecule has 0 N–H and O–H groups in total. The molecule has 7 aromatic heterocycles. The first-order valence-electron chi connectivity index (χ1n) is 38.8. The van der Waals surface area contributed by atoms with E-state index in [1.54, 1.807) is 0 Å². The van der Waals surface area contributed by atoms with Crippen LogP contribution in [0, 0.1) is 0 Å². The molecule has 0 fully saturated rings. The molecule has 0 amide bonds. The van der Waals surface area contributed by atoms with Crippen LogP contribution in [0.2, 0.25) is 0 Å². The van der Waals surface area contributed by atoms with Gasteiger partial charge < -0.3 is 19.6 Å². The molecule has 13 aromatic carbocycles. The van der Waals surface area contributed by atoms with E-state index in [2.05, 4.69) is 365 Å². The predicted molar refractivity (Wildman–Crippen MR) is 477 cm³/mol. The van der Waals surface area contributed by atoms with Gasteiger partial charge in [-0.05, 0) is 105 Å². The molecule has 7 heterocycles. The Morgan fingerprint density at radius 1 is 0.138 bits per heavy atom. The molecule has 546 valence electrons. The predicted octanol–water partition coefficient (Wildman–Crippen LogP) is 27.6. The number of rotatable bonds is 20. The van der Waals surface area contributed by atoms with E-state index >= 15 is 0 Å². The third kappa shape index (κ3) is 12.7. The molecule has 11 nitrogen and oxygen atoms in total. The van der Waals surface area contributed by atoms with Gasteiger partial charge in [-0.15, -0.1) is 0 Å². The van der Waals surface area contributed by atoms with Gasteiger partial charge in [0.25, 0.3) is 0 Å². The van der Waals surface area contributed by atoms with Gasteiger partial charge in [0.1, 0.15) is 0 Å². The van der Waals surface area contributed by atoms with Crippen molar-refractivity contribution in [2.24, 2.45) is 0 Å². The summed E-state index contributed by atoms with van der Waals surface area (Å²) < 4.78 is 0. The van der Waals surface area contributed by atoms with E-state index in [1.165, 1.54) is 0 Å². The van der Waals surface area contributed by atoms with Gasteiger partial charge in [-0.3, -0.25) is 34.9 Å². The SMILES string of the molecule is c1ccc(-c2ccccc2N(c2cnccc2-c2ccccc2)c2cc(N(c3cnccc3-c3ccccc3)c3cnccc3-c3ccccc3)c3ccc4c(N(c5cnccc5-c5ccccc5)c5cnccc5-c5ccccc5)cc(N(c5cnccc5-c5ccccc5)c5cnccc5-c5ccccc5)c5ccc2c3c54)cc1. The van der Waals surface area contributed by atoms with Crippen LogP contribution in [0.3, 0.4) is 0 Å². The maximum atomic E-state index is 5.14. The highest BCUT2D eigenvalue weighted by atomic mass is 15.2. The Morgan fingerprint density at radius 3 is 0.500 bits per heavy atom. The minimum atomic E-state index is 0.824. The molecule has 0 saturated heterocycles. The van der Waals surface area contributed by atoms with E-state index < -0.39 is 0 Å². The number of anilines is 12. The Labute approximate surface area is 672 Å². The summed E-state index contributed by atoms with van der Waals surface area (Å²) in [7, 11) is 0. The average molecular weight is 1490 g/mol. The second kappa shape index (κ2) is 30.8. The van der Waals surface area contributed by atoms with Crippen LogP contribution in [0.25, 0.3) is 121 Å². The lowest BCUT2D eigenvalue weighted by molar-refractivity contribution is 1.19. The van der Waals surface area contributed by atoms with Gasteiger partial charge in [0.15, 0.2) is 0 Å². The topological polar surface area (TPSA) is 103 Å². The summed E-state index contributed by atoms with van der Waals surface area (Å²) in [6, 6.07) is 123. The molecule has 20 aromatic rings. The van der Waals surface area contributed by atoms with Crippen LogP contribution in [0.1, 0.15) is 0 Å². The summed E-state index contributed by atoms with van der Waals surface area (Å²) >= 11 is 0. The van der Waals surface area contributed by atoms with Gasteiger partial charge in [-0.25, -0.2) is 0 Å². The average Bonchev–Trinajstić information content (AvgIpc) is 0.694. The molecule has 0 aliphatic heterocycles. The summed E-state index contributed by atoms with van der Waals surface area (Å²) in [6.07, 6.45) is 27.3. The Bertz CT molecular complexity index is 5750. The molecule has 0 atom stereocenters. The molecule has 0 bridgehead atoms. The highest BCUT2D eigenvalue weighted by molar-refractivity contribution is 6.34. The van der Waals surface area contributed by atoms with E-state index in [4.69, 9.17) is 34.9 Å². The summed E-state index contributed by atoms with van der Waals surface area (Å²) in [5.74, 6) is 0. The van der Waals surface area contributed by atoms with Gasteiger partial charge in [-0.2, -0.15) is 0 Å². The molecule has 0 aliphatic rings. The maximum absolute atomic E-state index is 5.14. The van der Waals surface area contributed by atoms with Gasteiger partial charge in [-0.1, -0.05) is 285 Å². The largest absolute Gasteiger partial charge is 0.307 e. The van der Waals surface area contributed by atoms with E-state index in [-0.39, 0.29) is 0 Å². The quantitative estimate of drug-likeness (QED) is 0.0682. The van der Waals surface area contributed by atoms with E-state index in [0.29, 0.717) is 0 Å². The summed E-state index contributed by atoms with van der Waals surface area (Å²) in [6.45, 7) is 0. The molecule has 0 unspecified atom stereocenters. The molecule has 0 aliphatic carbocycles.